The maximum atomic E-state index is 11.1. The van der Waals surface area contributed by atoms with Gasteiger partial charge < -0.3 is 19.7 Å². The van der Waals surface area contributed by atoms with E-state index in [1.165, 1.54) is 32.4 Å². The van der Waals surface area contributed by atoms with E-state index in [1.54, 1.807) is 0 Å². The molecule has 0 aliphatic heterocycles. The van der Waals surface area contributed by atoms with E-state index in [9.17, 15) is 15.0 Å². The Morgan fingerprint density at radius 3 is 2.63 bits per heavy atom. The van der Waals surface area contributed by atoms with Crippen LogP contribution in [-0.4, -0.2) is 36.5 Å². The van der Waals surface area contributed by atoms with Gasteiger partial charge in [-0.25, -0.2) is 0 Å². The molecule has 0 aromatic heterocycles. The quantitative estimate of drug-likeness (QED) is 0.753. The zero-order valence-electron chi connectivity index (χ0n) is 10.7. The number of hydrogen-bond donors (Lipinski definition) is 2. The lowest BCUT2D eigenvalue weighted by molar-refractivity contribution is -0.144. The fourth-order valence-corrected chi connectivity index (χ4v) is 1.61. The van der Waals surface area contributed by atoms with Gasteiger partial charge in [-0.15, -0.1) is 0 Å². The average molecular weight is 265 g/mol. The van der Waals surface area contributed by atoms with Crippen molar-refractivity contribution in [3.63, 3.8) is 0 Å². The Morgan fingerprint density at radius 2 is 2.11 bits per heavy atom. The number of methoxy groups -OCH3 is 2. The highest BCUT2D eigenvalue weighted by Gasteiger charge is 2.24. The van der Waals surface area contributed by atoms with E-state index in [1.807, 2.05) is 6.07 Å². The van der Waals surface area contributed by atoms with Crippen LogP contribution in [0.5, 0.6) is 5.75 Å². The Morgan fingerprint density at radius 1 is 1.42 bits per heavy atom. The molecule has 0 amide bonds. The highest BCUT2D eigenvalue weighted by molar-refractivity contribution is 5.69. The zero-order valence-corrected chi connectivity index (χ0v) is 10.7. The van der Waals surface area contributed by atoms with Gasteiger partial charge in [0.2, 0.25) is 0 Å². The molecular formula is C13H15NO5. The molecular weight excluding hydrogens is 250 g/mol. The number of rotatable bonds is 5. The summed E-state index contributed by atoms with van der Waals surface area (Å²) in [6, 6.07) is 6.38. The molecule has 1 aromatic rings. The number of aliphatic hydroxyl groups is 2. The second-order valence-corrected chi connectivity index (χ2v) is 3.86. The normalized spacial score (nSPS) is 13.2. The molecule has 2 unspecified atom stereocenters. The van der Waals surface area contributed by atoms with Crippen LogP contribution in [0.15, 0.2) is 18.2 Å². The number of nitriles is 1. The molecule has 6 heteroatoms. The SMILES string of the molecule is COC(=O)CC(O)C(O)c1cc(C#N)ccc1OC. The lowest BCUT2D eigenvalue weighted by Crippen LogP contribution is -2.23. The number of carbonyl (C=O) groups excluding carboxylic acids is 1. The first kappa shape index (κ1) is 15.0. The third-order valence-corrected chi connectivity index (χ3v) is 2.65. The summed E-state index contributed by atoms with van der Waals surface area (Å²) in [5, 5.41) is 28.6. The molecule has 0 fully saturated rings. The van der Waals surface area contributed by atoms with E-state index in [2.05, 4.69) is 4.74 Å². The van der Waals surface area contributed by atoms with Crippen LogP contribution < -0.4 is 4.74 Å². The summed E-state index contributed by atoms with van der Waals surface area (Å²) in [6.45, 7) is 0. The first-order valence-electron chi connectivity index (χ1n) is 5.54. The topological polar surface area (TPSA) is 99.8 Å². The van der Waals surface area contributed by atoms with E-state index in [4.69, 9.17) is 10.00 Å². The van der Waals surface area contributed by atoms with Crippen molar-refractivity contribution in [1.82, 2.24) is 0 Å². The molecule has 2 atom stereocenters. The first-order valence-corrected chi connectivity index (χ1v) is 5.54. The van der Waals surface area contributed by atoms with Crippen LogP contribution in [0.25, 0.3) is 0 Å². The maximum Gasteiger partial charge on any atom is 0.308 e. The van der Waals surface area contributed by atoms with E-state index in [0.29, 0.717) is 11.3 Å². The van der Waals surface area contributed by atoms with Gasteiger partial charge in [0.25, 0.3) is 0 Å². The summed E-state index contributed by atoms with van der Waals surface area (Å²) in [4.78, 5) is 11.1. The molecule has 102 valence electrons. The third-order valence-electron chi connectivity index (χ3n) is 2.65. The number of aliphatic hydroxyl groups excluding tert-OH is 2. The van der Waals surface area contributed by atoms with Gasteiger partial charge in [-0.1, -0.05) is 0 Å². The lowest BCUT2D eigenvalue weighted by Gasteiger charge is -2.19. The first-order chi connectivity index (χ1) is 9.03. The molecule has 1 rings (SSSR count). The number of benzene rings is 1. The largest absolute Gasteiger partial charge is 0.496 e. The predicted molar refractivity (Wildman–Crippen MR) is 65.3 cm³/mol. The molecule has 6 nitrogen and oxygen atoms in total. The fourth-order valence-electron chi connectivity index (χ4n) is 1.61. The van der Waals surface area contributed by atoms with Crippen molar-refractivity contribution in [3.05, 3.63) is 29.3 Å². The van der Waals surface area contributed by atoms with Crippen LogP contribution in [-0.2, 0) is 9.53 Å². The summed E-state index contributed by atoms with van der Waals surface area (Å²) in [5.41, 5.74) is 0.568. The third kappa shape index (κ3) is 3.68. The maximum absolute atomic E-state index is 11.1. The van der Waals surface area contributed by atoms with Crippen molar-refractivity contribution >= 4 is 5.97 Å². The van der Waals surface area contributed by atoms with Crippen molar-refractivity contribution in [3.8, 4) is 11.8 Å². The average Bonchev–Trinajstić information content (AvgIpc) is 2.45. The predicted octanol–water partition coefficient (Wildman–Crippen LogP) is 0.524. The van der Waals surface area contributed by atoms with Crippen LogP contribution in [0.3, 0.4) is 0 Å². The van der Waals surface area contributed by atoms with E-state index in [-0.39, 0.29) is 12.0 Å². The molecule has 0 bridgehead atoms. The number of hydrogen-bond acceptors (Lipinski definition) is 6. The van der Waals surface area contributed by atoms with Gasteiger partial charge in [-0.05, 0) is 18.2 Å². The second-order valence-electron chi connectivity index (χ2n) is 3.86. The van der Waals surface area contributed by atoms with Crippen LogP contribution in [0.1, 0.15) is 23.7 Å². The van der Waals surface area contributed by atoms with E-state index in [0.717, 1.165) is 0 Å². The highest BCUT2D eigenvalue weighted by atomic mass is 16.5. The number of nitrogens with zero attached hydrogens (tertiary/aromatic N) is 1. The molecule has 0 aliphatic carbocycles. The molecule has 2 N–H and O–H groups in total. The Kier molecular flexibility index (Phi) is 5.30. The zero-order chi connectivity index (χ0) is 14.4. The van der Waals surface area contributed by atoms with Gasteiger partial charge >= 0.3 is 5.97 Å². The van der Waals surface area contributed by atoms with Gasteiger partial charge in [0, 0.05) is 5.56 Å². The molecule has 19 heavy (non-hydrogen) atoms. The fraction of sp³-hybridized carbons (Fsp3) is 0.385. The lowest BCUT2D eigenvalue weighted by atomic mass is 9.99. The van der Waals surface area contributed by atoms with Crippen molar-refractivity contribution in [1.29, 1.82) is 5.26 Å². The Hall–Kier alpha value is -2.10. The van der Waals surface area contributed by atoms with Crippen molar-refractivity contribution in [2.75, 3.05) is 14.2 Å². The number of esters is 1. The highest BCUT2D eigenvalue weighted by Crippen LogP contribution is 2.29. The van der Waals surface area contributed by atoms with Crippen LogP contribution in [0, 0.1) is 11.3 Å². The standard InChI is InChI=1S/C13H15NO5/c1-18-11-4-3-8(7-14)5-9(11)13(17)10(15)6-12(16)19-2/h3-5,10,13,15,17H,6H2,1-2H3. The molecule has 0 spiro atoms. The molecule has 0 radical (unpaired) electrons. The molecule has 1 aromatic carbocycles. The minimum Gasteiger partial charge on any atom is -0.496 e. The Balaban J connectivity index is 3.00. The van der Waals surface area contributed by atoms with Crippen LogP contribution in [0.4, 0.5) is 0 Å². The smallest absolute Gasteiger partial charge is 0.308 e. The minimum absolute atomic E-state index is 0.248. The summed E-state index contributed by atoms with van der Waals surface area (Å²) >= 11 is 0. The van der Waals surface area contributed by atoms with Crippen LogP contribution in [0.2, 0.25) is 0 Å². The summed E-state index contributed by atoms with van der Waals surface area (Å²) in [5.74, 6) is -0.308. The van der Waals surface area contributed by atoms with E-state index >= 15 is 0 Å². The Labute approximate surface area is 110 Å². The summed E-state index contributed by atoms with van der Waals surface area (Å²) in [6.07, 6.45) is -3.03. The molecule has 0 aliphatic rings. The van der Waals surface area contributed by atoms with Crippen molar-refractivity contribution in [2.45, 2.75) is 18.6 Å². The van der Waals surface area contributed by atoms with Gasteiger partial charge in [0.05, 0.1) is 38.4 Å². The van der Waals surface area contributed by atoms with E-state index < -0.39 is 18.2 Å². The number of carbonyl (C=O) groups is 1. The Bertz CT molecular complexity index is 494. The van der Waals surface area contributed by atoms with Gasteiger partial charge in [0.1, 0.15) is 11.9 Å². The monoisotopic (exact) mass is 265 g/mol. The summed E-state index contributed by atoms with van der Waals surface area (Å²) in [7, 11) is 2.60. The van der Waals surface area contributed by atoms with Gasteiger partial charge in [0.15, 0.2) is 0 Å². The van der Waals surface area contributed by atoms with Gasteiger partial charge in [-0.3, -0.25) is 4.79 Å². The van der Waals surface area contributed by atoms with Crippen molar-refractivity contribution < 1.29 is 24.5 Å². The van der Waals surface area contributed by atoms with Gasteiger partial charge in [-0.2, -0.15) is 5.26 Å². The molecule has 0 saturated heterocycles. The molecule has 0 heterocycles. The number of ether oxygens (including phenoxy) is 2. The summed E-state index contributed by atoms with van der Waals surface area (Å²) < 4.78 is 9.47. The second kappa shape index (κ2) is 6.73. The van der Waals surface area contributed by atoms with Crippen molar-refractivity contribution in [2.24, 2.45) is 0 Å². The van der Waals surface area contributed by atoms with Crippen LogP contribution >= 0.6 is 0 Å². The molecule has 0 saturated carbocycles. The minimum atomic E-state index is -1.35.